The number of aromatic nitrogens is 1. The molecule has 29 heavy (non-hydrogen) atoms. The Balaban J connectivity index is 1.97. The first-order valence-corrected chi connectivity index (χ1v) is 11.9. The summed E-state index contributed by atoms with van der Waals surface area (Å²) in [5.74, 6) is -0.864. The number of fused-ring (bicyclic) bond motifs is 1. The summed E-state index contributed by atoms with van der Waals surface area (Å²) >= 11 is -1.01. The Bertz CT molecular complexity index is 829. The van der Waals surface area contributed by atoms with Crippen molar-refractivity contribution in [3.63, 3.8) is 0 Å². The lowest BCUT2D eigenvalue weighted by molar-refractivity contribution is -0.140. The molecule has 0 radical (unpaired) electrons. The van der Waals surface area contributed by atoms with Crippen LogP contribution in [0.5, 0.6) is 0 Å². The van der Waals surface area contributed by atoms with E-state index in [2.05, 4.69) is 5.32 Å². The zero-order chi connectivity index (χ0) is 21.1. The number of pyridine rings is 1. The Kier molecular flexibility index (Phi) is 7.05. The van der Waals surface area contributed by atoms with E-state index in [0.717, 1.165) is 36.9 Å². The van der Waals surface area contributed by atoms with Gasteiger partial charge < -0.3 is 19.5 Å². The minimum Gasteiger partial charge on any atom is -0.616 e. The van der Waals surface area contributed by atoms with Gasteiger partial charge >= 0.3 is 5.97 Å². The summed E-state index contributed by atoms with van der Waals surface area (Å²) in [4.78, 5) is 37.5. The molecule has 1 unspecified atom stereocenters. The summed E-state index contributed by atoms with van der Waals surface area (Å²) in [5.41, 5.74) is 1.24. The van der Waals surface area contributed by atoms with Crippen LogP contribution in [0.2, 0.25) is 0 Å². The predicted molar refractivity (Wildman–Crippen MR) is 111 cm³/mol. The highest BCUT2D eigenvalue weighted by molar-refractivity contribution is 7.90. The maximum absolute atomic E-state index is 13.2. The van der Waals surface area contributed by atoms with E-state index in [1.54, 1.807) is 18.4 Å². The number of nitrogens with one attached hydrogen (secondary N) is 1. The Hall–Kier alpha value is -1.80. The number of hydrogen-bond donors (Lipinski definition) is 2. The number of nitrogens with zero attached hydrogens (tertiary/aromatic N) is 1. The molecule has 0 aromatic carbocycles. The minimum atomic E-state index is -1.13. The molecule has 1 saturated carbocycles. The molecule has 1 aliphatic heterocycles. The minimum absolute atomic E-state index is 0.0506. The first-order valence-electron chi connectivity index (χ1n) is 10.4. The van der Waals surface area contributed by atoms with Gasteiger partial charge in [-0.25, -0.2) is 4.79 Å². The van der Waals surface area contributed by atoms with Crippen molar-refractivity contribution >= 4 is 23.1 Å². The number of rotatable bonds is 6. The van der Waals surface area contributed by atoms with Gasteiger partial charge in [-0.15, -0.1) is 0 Å². The van der Waals surface area contributed by atoms with E-state index in [4.69, 9.17) is 0 Å². The highest BCUT2D eigenvalue weighted by Crippen LogP contribution is 2.27. The number of amides is 1. The van der Waals surface area contributed by atoms with Gasteiger partial charge in [-0.1, -0.05) is 33.1 Å². The zero-order valence-electron chi connectivity index (χ0n) is 17.1. The molecular formula is C21H30N2O5S. The fourth-order valence-corrected chi connectivity index (χ4v) is 5.52. The van der Waals surface area contributed by atoms with Crippen molar-refractivity contribution in [1.29, 1.82) is 0 Å². The van der Waals surface area contributed by atoms with Crippen LogP contribution in [0.25, 0.3) is 0 Å². The number of carboxylic acid groups (broad SMARTS) is 1. The van der Waals surface area contributed by atoms with Gasteiger partial charge in [-0.3, -0.25) is 9.59 Å². The summed E-state index contributed by atoms with van der Waals surface area (Å²) < 4.78 is 13.8. The lowest BCUT2D eigenvalue weighted by Gasteiger charge is -2.28. The molecule has 8 heteroatoms. The molecule has 0 saturated heterocycles. The van der Waals surface area contributed by atoms with Crippen LogP contribution < -0.4 is 10.9 Å². The smallest absolute Gasteiger partial charge is 0.326 e. The Morgan fingerprint density at radius 3 is 2.62 bits per heavy atom. The number of aliphatic carboxylic acids is 1. The topological polar surface area (TPSA) is 111 Å². The number of carboxylic acids is 1. The largest absolute Gasteiger partial charge is 0.616 e. The van der Waals surface area contributed by atoms with Crippen molar-refractivity contribution in [3.05, 3.63) is 33.2 Å². The molecule has 1 aromatic heterocycles. The molecule has 1 aromatic rings. The normalized spacial score (nSPS) is 20.9. The monoisotopic (exact) mass is 422 g/mol. The van der Waals surface area contributed by atoms with Crippen molar-refractivity contribution in [2.45, 2.75) is 70.7 Å². The summed E-state index contributed by atoms with van der Waals surface area (Å²) in [5, 5.41) is 11.9. The Morgan fingerprint density at radius 2 is 2.00 bits per heavy atom. The molecule has 2 heterocycles. The van der Waals surface area contributed by atoms with Crippen molar-refractivity contribution in [3.8, 4) is 0 Å². The summed E-state index contributed by atoms with van der Waals surface area (Å²) in [6.07, 6.45) is 6.23. The van der Waals surface area contributed by atoms with Gasteiger partial charge in [0.2, 0.25) is 0 Å². The Labute approximate surface area is 174 Å². The maximum atomic E-state index is 13.2. The lowest BCUT2D eigenvalue weighted by atomic mass is 9.89. The van der Waals surface area contributed by atoms with Crippen LogP contribution in [0.3, 0.4) is 0 Å². The van der Waals surface area contributed by atoms with Crippen LogP contribution in [0.15, 0.2) is 10.9 Å². The lowest BCUT2D eigenvalue weighted by Crippen LogP contribution is -2.46. The van der Waals surface area contributed by atoms with Crippen molar-refractivity contribution in [2.24, 2.45) is 11.8 Å². The van der Waals surface area contributed by atoms with Gasteiger partial charge in [0, 0.05) is 24.2 Å². The van der Waals surface area contributed by atoms with Crippen LogP contribution in [0, 0.1) is 11.8 Å². The molecule has 2 aliphatic rings. The van der Waals surface area contributed by atoms with E-state index in [0.29, 0.717) is 30.4 Å². The molecule has 2 atom stereocenters. The molecule has 7 nitrogen and oxygen atoms in total. The molecule has 1 fully saturated rings. The van der Waals surface area contributed by atoms with Crippen LogP contribution >= 0.6 is 0 Å². The molecule has 3 rings (SSSR count). The van der Waals surface area contributed by atoms with Crippen molar-refractivity contribution in [1.82, 2.24) is 9.88 Å². The molecule has 160 valence electrons. The number of carbonyl (C=O) groups is 2. The number of carbonyl (C=O) groups excluding carboxylic acids is 1. The van der Waals surface area contributed by atoms with E-state index < -0.39 is 29.1 Å². The Morgan fingerprint density at radius 1 is 1.31 bits per heavy atom. The van der Waals surface area contributed by atoms with Crippen LogP contribution in [0.4, 0.5) is 0 Å². The third-order valence-corrected chi connectivity index (χ3v) is 7.30. The van der Waals surface area contributed by atoms with Crippen LogP contribution in [-0.4, -0.2) is 37.9 Å². The van der Waals surface area contributed by atoms with Crippen LogP contribution in [0.1, 0.15) is 67.6 Å². The molecule has 2 N–H and O–H groups in total. The highest BCUT2D eigenvalue weighted by atomic mass is 32.2. The first-order chi connectivity index (χ1) is 13.8. The SMILES string of the molecule is CC(C)[C@H](NC(=O)c1cc2c(n(CC3CCCCC3)c1=O)CC[S+]([O-])C2)C(=O)O. The third-order valence-electron chi connectivity index (χ3n) is 6.00. The molecule has 0 spiro atoms. The molecule has 1 aliphatic carbocycles. The van der Waals surface area contributed by atoms with Crippen molar-refractivity contribution < 1.29 is 19.2 Å². The van der Waals surface area contributed by atoms with E-state index in [1.807, 2.05) is 0 Å². The average molecular weight is 423 g/mol. The first kappa shape index (κ1) is 21.9. The molecule has 0 bridgehead atoms. The second kappa shape index (κ2) is 9.34. The van der Waals surface area contributed by atoms with E-state index in [1.165, 1.54) is 12.5 Å². The van der Waals surface area contributed by atoms with Gasteiger partial charge in [-0.05, 0) is 41.9 Å². The van der Waals surface area contributed by atoms with Crippen molar-refractivity contribution in [2.75, 3.05) is 5.75 Å². The third kappa shape index (κ3) is 5.04. The van der Waals surface area contributed by atoms with E-state index in [9.17, 15) is 24.0 Å². The van der Waals surface area contributed by atoms with Gasteiger partial charge in [0.25, 0.3) is 11.5 Å². The average Bonchev–Trinajstić information content (AvgIpc) is 2.68. The van der Waals surface area contributed by atoms with Gasteiger partial charge in [0.05, 0.1) is 0 Å². The van der Waals surface area contributed by atoms with E-state index >= 15 is 0 Å². The fourth-order valence-electron chi connectivity index (χ4n) is 4.35. The van der Waals surface area contributed by atoms with E-state index in [-0.39, 0.29) is 17.0 Å². The second-order valence-corrected chi connectivity index (χ2v) is 10.1. The fraction of sp³-hybridized carbons (Fsp3) is 0.667. The quantitative estimate of drug-likeness (QED) is 0.682. The maximum Gasteiger partial charge on any atom is 0.326 e. The molecule has 1 amide bonds. The molecular weight excluding hydrogens is 392 g/mol. The second-order valence-electron chi connectivity index (χ2n) is 8.52. The van der Waals surface area contributed by atoms with Gasteiger partial charge in [-0.2, -0.15) is 0 Å². The highest BCUT2D eigenvalue weighted by Gasteiger charge is 2.30. The predicted octanol–water partition coefficient (Wildman–Crippen LogP) is 2.07. The zero-order valence-corrected chi connectivity index (χ0v) is 17.9. The van der Waals surface area contributed by atoms with Gasteiger partial charge in [0.1, 0.15) is 23.1 Å². The van der Waals surface area contributed by atoms with Gasteiger partial charge in [0.15, 0.2) is 0 Å². The summed E-state index contributed by atoms with van der Waals surface area (Å²) in [6, 6.07) is 0.458. The summed E-state index contributed by atoms with van der Waals surface area (Å²) in [6.45, 7) is 3.98. The van der Waals surface area contributed by atoms with Crippen LogP contribution in [-0.2, 0) is 34.7 Å². The summed E-state index contributed by atoms with van der Waals surface area (Å²) in [7, 11) is 0. The standard InChI is InChI=1S/C21H30N2O5S/c1-13(2)18(21(26)27)22-19(24)16-10-15-12-29(28)9-8-17(15)23(20(16)25)11-14-6-4-3-5-7-14/h10,13-14,18H,3-9,11-12H2,1-2H3,(H,22,24)(H,26,27)/t18-,29?/m0/s1. The number of hydrogen-bond acceptors (Lipinski definition) is 4.